The van der Waals surface area contributed by atoms with Gasteiger partial charge in [-0.05, 0) is 55.9 Å². The van der Waals surface area contributed by atoms with E-state index in [2.05, 4.69) is 58.2 Å². The summed E-state index contributed by atoms with van der Waals surface area (Å²) in [6.07, 6.45) is 5.50. The molecule has 6 nitrogen and oxygen atoms in total. The van der Waals surface area contributed by atoms with Gasteiger partial charge >= 0.3 is 0 Å². The van der Waals surface area contributed by atoms with Crippen LogP contribution in [-0.4, -0.2) is 32.1 Å². The zero-order valence-electron chi connectivity index (χ0n) is 20.2. The molecule has 1 amide bonds. The predicted octanol–water partition coefficient (Wildman–Crippen LogP) is 5.18. The van der Waals surface area contributed by atoms with Crippen molar-refractivity contribution in [3.05, 3.63) is 65.2 Å². The lowest BCUT2D eigenvalue weighted by Crippen LogP contribution is -2.41. The lowest BCUT2D eigenvalue weighted by molar-refractivity contribution is -0.122. The van der Waals surface area contributed by atoms with E-state index in [4.69, 9.17) is 4.74 Å². The Labute approximate surface area is 220 Å². The Hall–Kier alpha value is -2.13. The summed E-state index contributed by atoms with van der Waals surface area (Å²) in [7, 11) is 1.79. The average molecular weight is 577 g/mol. The van der Waals surface area contributed by atoms with Crippen molar-refractivity contribution in [2.75, 3.05) is 25.5 Å². The predicted molar refractivity (Wildman–Crippen MR) is 149 cm³/mol. The van der Waals surface area contributed by atoms with Crippen molar-refractivity contribution in [3.63, 3.8) is 0 Å². The summed E-state index contributed by atoms with van der Waals surface area (Å²) < 4.78 is 6.15. The van der Waals surface area contributed by atoms with Crippen LogP contribution in [0, 0.1) is 18.8 Å². The molecule has 1 saturated heterocycles. The first kappa shape index (κ1) is 26.5. The topological polar surface area (TPSA) is 74.8 Å². The highest BCUT2D eigenvalue weighted by Gasteiger charge is 2.27. The van der Waals surface area contributed by atoms with E-state index >= 15 is 0 Å². The normalized spacial score (nSPS) is 20.6. The van der Waals surface area contributed by atoms with Crippen LogP contribution in [0.1, 0.15) is 54.9 Å². The fraction of sp³-hybridized carbons (Fsp3) is 0.481. The molecule has 184 valence electrons. The lowest BCUT2D eigenvalue weighted by Gasteiger charge is -2.32. The molecular weight excluding hydrogens is 539 g/mol. The van der Waals surface area contributed by atoms with Crippen LogP contribution in [-0.2, 0) is 16.1 Å². The highest BCUT2D eigenvalue weighted by Crippen LogP contribution is 2.33. The molecule has 1 saturated carbocycles. The largest absolute Gasteiger partial charge is 0.373 e. The van der Waals surface area contributed by atoms with E-state index in [1.807, 2.05) is 18.2 Å². The molecule has 34 heavy (non-hydrogen) atoms. The molecule has 0 radical (unpaired) electrons. The maximum Gasteiger partial charge on any atom is 0.227 e. The number of guanidine groups is 1. The van der Waals surface area contributed by atoms with E-state index in [1.165, 1.54) is 11.1 Å². The molecule has 0 aromatic heterocycles. The molecule has 0 spiro atoms. The highest BCUT2D eigenvalue weighted by atomic mass is 127. The number of benzene rings is 2. The van der Waals surface area contributed by atoms with Gasteiger partial charge in [-0.2, -0.15) is 0 Å². The fourth-order valence-electron chi connectivity index (χ4n) is 4.48. The van der Waals surface area contributed by atoms with Crippen LogP contribution >= 0.6 is 24.0 Å². The van der Waals surface area contributed by atoms with E-state index < -0.39 is 0 Å². The minimum atomic E-state index is 0. The fourth-order valence-corrected chi connectivity index (χ4v) is 4.48. The Kier molecular flexibility index (Phi) is 10.2. The Bertz CT molecular complexity index is 959. The summed E-state index contributed by atoms with van der Waals surface area (Å²) >= 11 is 0. The maximum absolute atomic E-state index is 12.2. The van der Waals surface area contributed by atoms with E-state index in [1.54, 1.807) is 7.05 Å². The highest BCUT2D eigenvalue weighted by molar-refractivity contribution is 14.0. The van der Waals surface area contributed by atoms with Crippen molar-refractivity contribution in [3.8, 4) is 0 Å². The van der Waals surface area contributed by atoms with Crippen LogP contribution in [0.15, 0.2) is 53.5 Å². The summed E-state index contributed by atoms with van der Waals surface area (Å²) in [6, 6.07) is 16.7. The van der Waals surface area contributed by atoms with Gasteiger partial charge < -0.3 is 20.7 Å². The van der Waals surface area contributed by atoms with Gasteiger partial charge in [-0.1, -0.05) is 48.4 Å². The number of carbonyl (C=O) groups excluding carboxylic acids is 1. The monoisotopic (exact) mass is 576 g/mol. The van der Waals surface area contributed by atoms with Crippen molar-refractivity contribution in [1.82, 2.24) is 10.6 Å². The van der Waals surface area contributed by atoms with Crippen molar-refractivity contribution in [2.45, 2.75) is 51.7 Å². The summed E-state index contributed by atoms with van der Waals surface area (Å²) in [5.74, 6) is 1.49. The van der Waals surface area contributed by atoms with Crippen molar-refractivity contribution >= 4 is 41.5 Å². The minimum Gasteiger partial charge on any atom is -0.373 e. The Morgan fingerprint density at radius 3 is 2.56 bits per heavy atom. The van der Waals surface area contributed by atoms with Gasteiger partial charge in [-0.15, -0.1) is 24.0 Å². The van der Waals surface area contributed by atoms with Crippen LogP contribution in [0.3, 0.4) is 0 Å². The molecule has 7 heteroatoms. The van der Waals surface area contributed by atoms with Crippen LogP contribution in [0.25, 0.3) is 0 Å². The second kappa shape index (κ2) is 13.1. The van der Waals surface area contributed by atoms with Crippen molar-refractivity contribution in [1.29, 1.82) is 0 Å². The molecule has 2 atom stereocenters. The maximum atomic E-state index is 12.2. The molecular formula is C27H37IN4O2. The van der Waals surface area contributed by atoms with Crippen LogP contribution in [0.5, 0.6) is 0 Å². The van der Waals surface area contributed by atoms with Gasteiger partial charge in [0.05, 0.1) is 6.10 Å². The number of aliphatic imine (C=N–C) groups is 1. The third-order valence-corrected chi connectivity index (χ3v) is 6.74. The summed E-state index contributed by atoms with van der Waals surface area (Å²) in [5, 5.41) is 9.94. The van der Waals surface area contributed by atoms with Crippen LogP contribution in [0.2, 0.25) is 0 Å². The summed E-state index contributed by atoms with van der Waals surface area (Å²) in [5.41, 5.74) is 4.47. The summed E-state index contributed by atoms with van der Waals surface area (Å²) in [6.45, 7) is 4.36. The number of aryl methyl sites for hydroxylation is 1. The quantitative estimate of drug-likeness (QED) is 0.241. The second-order valence-electron chi connectivity index (χ2n) is 9.23. The number of hydrogen-bond donors (Lipinski definition) is 3. The molecule has 2 aliphatic rings. The molecule has 0 bridgehead atoms. The second-order valence-corrected chi connectivity index (χ2v) is 9.23. The number of ether oxygens (including phenoxy) is 1. The Balaban J connectivity index is 0.00000324. The average Bonchev–Trinajstić information content (AvgIpc) is 2.79. The van der Waals surface area contributed by atoms with Crippen LogP contribution < -0.4 is 16.0 Å². The molecule has 2 unspecified atom stereocenters. The SMILES string of the molecule is CN=C(NCc1cccc(NC(=O)C2CCC2)c1)NCC1CCCOC1c1ccc(C)cc1.I. The molecule has 3 N–H and O–H groups in total. The first-order valence-corrected chi connectivity index (χ1v) is 12.1. The molecule has 2 aromatic carbocycles. The molecule has 4 rings (SSSR count). The first-order valence-electron chi connectivity index (χ1n) is 12.1. The van der Waals surface area contributed by atoms with Gasteiger partial charge in [-0.3, -0.25) is 9.79 Å². The smallest absolute Gasteiger partial charge is 0.227 e. The molecule has 1 aliphatic heterocycles. The van der Waals surface area contributed by atoms with Gasteiger partial charge in [0.1, 0.15) is 0 Å². The molecule has 1 heterocycles. The van der Waals surface area contributed by atoms with Crippen molar-refractivity contribution < 1.29 is 9.53 Å². The number of hydrogen-bond acceptors (Lipinski definition) is 3. The number of carbonyl (C=O) groups is 1. The van der Waals surface area contributed by atoms with E-state index in [9.17, 15) is 4.79 Å². The number of anilines is 1. The standard InChI is InChI=1S/C27H36N4O2.HI/c1-19-11-13-21(14-12-19)25-23(9-5-15-33-25)18-30-27(28-2)29-17-20-6-3-10-24(16-20)31-26(32)22-7-4-8-22;/h3,6,10-14,16,22-23,25H,4-5,7-9,15,17-18H2,1-2H3,(H,31,32)(H2,28,29,30);1H. The van der Waals surface area contributed by atoms with Gasteiger partial charge in [0, 0.05) is 44.3 Å². The van der Waals surface area contributed by atoms with E-state index in [-0.39, 0.29) is 41.9 Å². The van der Waals surface area contributed by atoms with Gasteiger partial charge in [0.15, 0.2) is 5.96 Å². The van der Waals surface area contributed by atoms with E-state index in [0.29, 0.717) is 12.5 Å². The van der Waals surface area contributed by atoms with Gasteiger partial charge in [0.2, 0.25) is 5.91 Å². The minimum absolute atomic E-state index is 0. The van der Waals surface area contributed by atoms with Gasteiger partial charge in [-0.25, -0.2) is 0 Å². The first-order chi connectivity index (χ1) is 16.1. The summed E-state index contributed by atoms with van der Waals surface area (Å²) in [4.78, 5) is 16.6. The number of amides is 1. The number of nitrogens with one attached hydrogen (secondary N) is 3. The Morgan fingerprint density at radius 1 is 1.06 bits per heavy atom. The molecule has 1 aliphatic carbocycles. The lowest BCUT2D eigenvalue weighted by atomic mass is 9.85. The Morgan fingerprint density at radius 2 is 1.85 bits per heavy atom. The van der Waals surface area contributed by atoms with Crippen LogP contribution in [0.4, 0.5) is 5.69 Å². The third-order valence-electron chi connectivity index (χ3n) is 6.74. The third kappa shape index (κ3) is 7.18. The zero-order chi connectivity index (χ0) is 23.0. The number of rotatable bonds is 7. The van der Waals surface area contributed by atoms with Gasteiger partial charge in [0.25, 0.3) is 0 Å². The zero-order valence-corrected chi connectivity index (χ0v) is 22.5. The molecule has 2 fully saturated rings. The van der Waals surface area contributed by atoms with E-state index in [0.717, 1.165) is 62.5 Å². The number of halogens is 1. The van der Waals surface area contributed by atoms with Crippen molar-refractivity contribution in [2.24, 2.45) is 16.8 Å². The molecule has 2 aromatic rings. The number of nitrogens with zero attached hydrogens (tertiary/aromatic N) is 1.